The maximum absolute atomic E-state index is 12.3. The molecule has 2 rings (SSSR count). The monoisotopic (exact) mass is 362 g/mol. The van der Waals surface area contributed by atoms with Crippen LogP contribution < -0.4 is 15.8 Å². The third-order valence-corrected chi connectivity index (χ3v) is 4.66. The molecule has 0 bridgehead atoms. The summed E-state index contributed by atoms with van der Waals surface area (Å²) in [7, 11) is 1.67. The van der Waals surface area contributed by atoms with E-state index in [2.05, 4.69) is 22.3 Å². The number of amides is 3. The molecular weight excluding hydrogens is 332 g/mol. The first-order valence-corrected chi connectivity index (χ1v) is 9.25. The molecule has 1 aromatic carbocycles. The van der Waals surface area contributed by atoms with E-state index in [0.717, 1.165) is 57.7 Å². The number of carbonyl (C=O) groups excluding carboxylic acids is 2. The van der Waals surface area contributed by atoms with E-state index in [0.29, 0.717) is 13.0 Å². The molecule has 1 fully saturated rings. The molecule has 3 amide bonds. The zero-order chi connectivity index (χ0) is 18.8. The summed E-state index contributed by atoms with van der Waals surface area (Å²) >= 11 is 0. The smallest absolute Gasteiger partial charge is 0.312 e. The van der Waals surface area contributed by atoms with Gasteiger partial charge < -0.3 is 20.7 Å². The molecule has 1 aliphatic rings. The Morgan fingerprint density at radius 1 is 1.08 bits per heavy atom. The number of primary amides is 1. The highest BCUT2D eigenvalue weighted by molar-refractivity contribution is 5.76. The lowest BCUT2D eigenvalue weighted by molar-refractivity contribution is -0.133. The van der Waals surface area contributed by atoms with E-state index in [1.54, 1.807) is 7.11 Å². The molecule has 0 spiro atoms. The number of carbonyl (C=O) groups is 2. The number of nitrogens with two attached hydrogens (primary N) is 1. The minimum absolute atomic E-state index is 0.233. The number of nitrogens with one attached hydrogen (secondary N) is 1. The highest BCUT2D eigenvalue weighted by Gasteiger charge is 2.20. The molecule has 0 atom stereocenters. The number of nitrogens with zero attached hydrogens (tertiary/aromatic N) is 2. The van der Waals surface area contributed by atoms with Gasteiger partial charge in [-0.05, 0) is 30.5 Å². The van der Waals surface area contributed by atoms with Crippen LogP contribution in [0.1, 0.15) is 31.2 Å². The van der Waals surface area contributed by atoms with Crippen LogP contribution in [0.4, 0.5) is 4.79 Å². The summed E-state index contributed by atoms with van der Waals surface area (Å²) in [6, 6.07) is 7.64. The van der Waals surface area contributed by atoms with Gasteiger partial charge in [-0.1, -0.05) is 18.6 Å². The summed E-state index contributed by atoms with van der Waals surface area (Å²) in [6.07, 6.45) is 3.20. The zero-order valence-corrected chi connectivity index (χ0v) is 15.6. The van der Waals surface area contributed by atoms with E-state index in [1.807, 2.05) is 17.0 Å². The Morgan fingerprint density at radius 3 is 2.38 bits per heavy atom. The van der Waals surface area contributed by atoms with Gasteiger partial charge in [0.2, 0.25) is 5.91 Å². The predicted molar refractivity (Wildman–Crippen MR) is 101 cm³/mol. The van der Waals surface area contributed by atoms with Crippen molar-refractivity contribution < 1.29 is 14.3 Å². The summed E-state index contributed by atoms with van der Waals surface area (Å²) in [5, 5.41) is 2.56. The Labute approximate surface area is 155 Å². The second-order valence-corrected chi connectivity index (χ2v) is 6.61. The summed E-state index contributed by atoms with van der Waals surface area (Å²) < 4.78 is 5.18. The van der Waals surface area contributed by atoms with Crippen LogP contribution in [-0.4, -0.2) is 61.6 Å². The third-order valence-electron chi connectivity index (χ3n) is 4.66. The second-order valence-electron chi connectivity index (χ2n) is 6.61. The van der Waals surface area contributed by atoms with Crippen molar-refractivity contribution in [2.24, 2.45) is 5.73 Å². The fourth-order valence-corrected chi connectivity index (χ4v) is 3.09. The summed E-state index contributed by atoms with van der Waals surface area (Å²) in [4.78, 5) is 27.2. The van der Waals surface area contributed by atoms with Gasteiger partial charge in [0, 0.05) is 45.7 Å². The van der Waals surface area contributed by atoms with Crippen LogP contribution in [0.5, 0.6) is 5.75 Å². The number of piperazine rings is 1. The fraction of sp³-hybridized carbons (Fsp3) is 0.579. The van der Waals surface area contributed by atoms with Crippen molar-refractivity contribution >= 4 is 11.9 Å². The van der Waals surface area contributed by atoms with E-state index in [1.165, 1.54) is 5.56 Å². The second kappa shape index (κ2) is 10.7. The highest BCUT2D eigenvalue weighted by Crippen LogP contribution is 2.14. The first-order chi connectivity index (χ1) is 12.6. The minimum Gasteiger partial charge on any atom is -0.497 e. The lowest BCUT2D eigenvalue weighted by Gasteiger charge is -2.34. The topological polar surface area (TPSA) is 87.9 Å². The van der Waals surface area contributed by atoms with Gasteiger partial charge in [0.25, 0.3) is 0 Å². The van der Waals surface area contributed by atoms with Crippen molar-refractivity contribution in [1.82, 2.24) is 15.1 Å². The largest absolute Gasteiger partial charge is 0.497 e. The minimum atomic E-state index is -0.492. The molecule has 0 aliphatic carbocycles. The maximum Gasteiger partial charge on any atom is 0.312 e. The van der Waals surface area contributed by atoms with Crippen LogP contribution in [0.25, 0.3) is 0 Å². The van der Waals surface area contributed by atoms with Crippen molar-refractivity contribution in [3.05, 3.63) is 29.8 Å². The van der Waals surface area contributed by atoms with Gasteiger partial charge in [-0.2, -0.15) is 0 Å². The highest BCUT2D eigenvalue weighted by atomic mass is 16.5. The van der Waals surface area contributed by atoms with Crippen LogP contribution in [-0.2, 0) is 11.3 Å². The van der Waals surface area contributed by atoms with Crippen molar-refractivity contribution in [2.75, 3.05) is 39.8 Å². The number of rotatable bonds is 9. The first kappa shape index (κ1) is 20.0. The van der Waals surface area contributed by atoms with Crippen molar-refractivity contribution in [2.45, 2.75) is 32.2 Å². The maximum atomic E-state index is 12.3. The molecule has 7 heteroatoms. The molecule has 1 aliphatic heterocycles. The summed E-state index contributed by atoms with van der Waals surface area (Å²) in [5.41, 5.74) is 6.26. The molecule has 0 saturated carbocycles. The van der Waals surface area contributed by atoms with E-state index < -0.39 is 6.03 Å². The van der Waals surface area contributed by atoms with Crippen LogP contribution in [0.15, 0.2) is 24.3 Å². The zero-order valence-electron chi connectivity index (χ0n) is 15.6. The average Bonchev–Trinajstić information content (AvgIpc) is 2.65. The summed E-state index contributed by atoms with van der Waals surface area (Å²) in [6.45, 7) is 4.86. The fourth-order valence-electron chi connectivity index (χ4n) is 3.09. The first-order valence-electron chi connectivity index (χ1n) is 9.25. The number of methoxy groups -OCH3 is 1. The summed E-state index contributed by atoms with van der Waals surface area (Å²) in [5.74, 6) is 1.10. The molecule has 144 valence electrons. The third kappa shape index (κ3) is 6.92. The van der Waals surface area contributed by atoms with Crippen molar-refractivity contribution in [3.63, 3.8) is 0 Å². The molecule has 7 nitrogen and oxygen atoms in total. The Bertz CT molecular complexity index is 569. The number of hydrogen-bond acceptors (Lipinski definition) is 4. The van der Waals surface area contributed by atoms with Crippen LogP contribution in [0.2, 0.25) is 0 Å². The van der Waals surface area contributed by atoms with E-state index in [4.69, 9.17) is 10.5 Å². The van der Waals surface area contributed by atoms with Gasteiger partial charge >= 0.3 is 6.03 Å². The quantitative estimate of drug-likeness (QED) is 0.653. The van der Waals surface area contributed by atoms with Gasteiger partial charge in [0.1, 0.15) is 5.75 Å². The lowest BCUT2D eigenvalue weighted by Crippen LogP contribution is -2.48. The molecule has 3 N–H and O–H groups in total. The normalized spacial score (nSPS) is 14.9. The number of urea groups is 1. The van der Waals surface area contributed by atoms with Gasteiger partial charge in [0.05, 0.1) is 7.11 Å². The molecule has 0 radical (unpaired) electrons. The van der Waals surface area contributed by atoms with Crippen LogP contribution in [0.3, 0.4) is 0 Å². The van der Waals surface area contributed by atoms with E-state index in [-0.39, 0.29) is 5.91 Å². The molecule has 1 saturated heterocycles. The number of benzene rings is 1. The molecular formula is C19H30N4O3. The molecule has 0 aromatic heterocycles. The molecule has 26 heavy (non-hydrogen) atoms. The average molecular weight is 362 g/mol. The van der Waals surface area contributed by atoms with Crippen molar-refractivity contribution in [3.8, 4) is 5.75 Å². The van der Waals surface area contributed by atoms with Crippen molar-refractivity contribution in [1.29, 1.82) is 0 Å². The van der Waals surface area contributed by atoms with Gasteiger partial charge in [-0.25, -0.2) is 4.79 Å². The molecule has 1 aromatic rings. The van der Waals surface area contributed by atoms with Gasteiger partial charge in [0.15, 0.2) is 0 Å². The Hall–Kier alpha value is -2.28. The Morgan fingerprint density at radius 2 is 1.77 bits per heavy atom. The van der Waals surface area contributed by atoms with Gasteiger partial charge in [-0.3, -0.25) is 9.69 Å². The predicted octanol–water partition coefficient (Wildman–Crippen LogP) is 1.57. The SMILES string of the molecule is COc1ccc(CN2CCN(C(=O)CCCCCNC(N)=O)CC2)cc1. The van der Waals surface area contributed by atoms with Gasteiger partial charge in [-0.15, -0.1) is 0 Å². The number of hydrogen-bond donors (Lipinski definition) is 2. The lowest BCUT2D eigenvalue weighted by atomic mass is 10.1. The van der Waals surface area contributed by atoms with Crippen LogP contribution >= 0.6 is 0 Å². The Kier molecular flexibility index (Phi) is 8.21. The van der Waals surface area contributed by atoms with E-state index >= 15 is 0 Å². The molecule has 0 unspecified atom stereocenters. The standard InChI is InChI=1S/C19H30N4O3/c1-26-17-8-6-16(7-9-17)15-22-11-13-23(14-12-22)18(24)5-3-2-4-10-21-19(20)25/h6-9H,2-5,10-15H2,1H3,(H3,20,21,25). The number of unbranched alkanes of at least 4 members (excludes halogenated alkanes) is 2. The Balaban J connectivity index is 1.61. The molecule has 1 heterocycles. The number of ether oxygens (including phenoxy) is 1. The van der Waals surface area contributed by atoms with E-state index in [9.17, 15) is 9.59 Å². The van der Waals surface area contributed by atoms with Crippen LogP contribution in [0, 0.1) is 0 Å².